The van der Waals surface area contributed by atoms with Crippen LogP contribution in [0, 0.1) is 13.8 Å². The van der Waals surface area contributed by atoms with E-state index < -0.39 is 0 Å². The number of hydrogen-bond acceptors (Lipinski definition) is 4. The van der Waals surface area contributed by atoms with Crippen molar-refractivity contribution in [2.45, 2.75) is 73.3 Å². The maximum Gasteiger partial charge on any atom is 0.225 e. The molecule has 1 aliphatic rings. The molecule has 2 aromatic heterocycles. The average Bonchev–Trinajstić information content (AvgIpc) is 3.47. The summed E-state index contributed by atoms with van der Waals surface area (Å²) in [6.45, 7) is 20.2. The van der Waals surface area contributed by atoms with Gasteiger partial charge in [-0.3, -0.25) is 0 Å². The molecule has 5 nitrogen and oxygen atoms in total. The van der Waals surface area contributed by atoms with E-state index in [2.05, 4.69) is 99.9 Å². The van der Waals surface area contributed by atoms with Gasteiger partial charge in [-0.05, 0) is 95.7 Å². The third-order valence-electron chi connectivity index (χ3n) is 8.58. The number of benzene rings is 2. The first kappa shape index (κ1) is 27.7. The van der Waals surface area contributed by atoms with Gasteiger partial charge in [-0.1, -0.05) is 52.5 Å². The summed E-state index contributed by atoms with van der Waals surface area (Å²) >= 11 is 0. The van der Waals surface area contributed by atoms with Crippen molar-refractivity contribution in [3.05, 3.63) is 106 Å². The smallest absolute Gasteiger partial charge is 0.225 e. The maximum atomic E-state index is 4.76. The molecule has 2 N–H and O–H groups in total. The van der Waals surface area contributed by atoms with Crippen molar-refractivity contribution in [2.75, 3.05) is 18.0 Å². The van der Waals surface area contributed by atoms with Crippen LogP contribution in [0.5, 0.6) is 0 Å². The van der Waals surface area contributed by atoms with Gasteiger partial charge in [0.25, 0.3) is 0 Å². The normalized spacial score (nSPS) is 15.3. The molecule has 0 spiro atoms. The second-order valence-electron chi connectivity index (χ2n) is 11.3. The van der Waals surface area contributed by atoms with Gasteiger partial charge in [0.05, 0.1) is 0 Å². The number of H-pyrrole nitrogens is 1. The fourth-order valence-electron chi connectivity index (χ4n) is 5.85. The number of nitrogens with zero attached hydrogens (tertiary/aromatic N) is 3. The van der Waals surface area contributed by atoms with Crippen molar-refractivity contribution in [2.24, 2.45) is 0 Å². The fourth-order valence-corrected chi connectivity index (χ4v) is 5.85. The van der Waals surface area contributed by atoms with Crippen LogP contribution in [0.1, 0.15) is 79.0 Å². The number of piperidine rings is 1. The molecule has 40 heavy (non-hydrogen) atoms. The largest absolute Gasteiger partial charge is 0.380 e. The molecule has 5 rings (SSSR count). The topological polar surface area (TPSA) is 56.8 Å². The Labute approximate surface area is 239 Å². The van der Waals surface area contributed by atoms with Crippen LogP contribution in [0.3, 0.4) is 0 Å². The Hall–Kier alpha value is -3.86. The monoisotopic (exact) mass is 533 g/mol. The van der Waals surface area contributed by atoms with E-state index in [4.69, 9.17) is 9.97 Å². The molecular weight excluding hydrogens is 490 g/mol. The van der Waals surface area contributed by atoms with Crippen LogP contribution >= 0.6 is 0 Å². The van der Waals surface area contributed by atoms with E-state index in [9.17, 15) is 0 Å². The van der Waals surface area contributed by atoms with Crippen molar-refractivity contribution >= 4 is 22.5 Å². The second-order valence-corrected chi connectivity index (χ2v) is 11.3. The van der Waals surface area contributed by atoms with E-state index in [0.29, 0.717) is 5.92 Å². The van der Waals surface area contributed by atoms with Crippen molar-refractivity contribution in [1.29, 1.82) is 0 Å². The summed E-state index contributed by atoms with van der Waals surface area (Å²) in [5.74, 6) is 1.19. The molecule has 4 aromatic rings. The number of rotatable bonds is 8. The molecule has 0 aliphatic carbocycles. The molecule has 0 bridgehead atoms. The Morgan fingerprint density at radius 3 is 2.42 bits per heavy atom. The Balaban J connectivity index is 1.62. The zero-order valence-electron chi connectivity index (χ0n) is 25.0. The maximum absolute atomic E-state index is 4.76. The van der Waals surface area contributed by atoms with Gasteiger partial charge in [-0.2, -0.15) is 0 Å². The standard InChI is InChI=1S/C35H43N5/c1-8-26-11-10-12-27(9-2)31(26)20-37-34(30-17-24(6)25(7)33-29(30)13-15-36-33)32-21-40(16-14-23(32)5)35-38-18-28(19-39-35)22(3)4/h10-13,15,17-19,22,36-37H,5,8-9,14,16,20-21H2,1-4,6-7H3/b34-32-. The highest BCUT2D eigenvalue weighted by molar-refractivity contribution is 5.96. The molecular formula is C35H43N5. The zero-order chi connectivity index (χ0) is 28.4. The Bertz CT molecular complexity index is 1530. The van der Waals surface area contributed by atoms with E-state index >= 15 is 0 Å². The molecule has 5 heteroatoms. The summed E-state index contributed by atoms with van der Waals surface area (Å²) in [6.07, 6.45) is 8.91. The number of nitrogens with one attached hydrogen (secondary N) is 2. The summed E-state index contributed by atoms with van der Waals surface area (Å²) in [7, 11) is 0. The molecule has 1 saturated heterocycles. The molecule has 0 saturated carbocycles. The van der Waals surface area contributed by atoms with Gasteiger partial charge >= 0.3 is 0 Å². The van der Waals surface area contributed by atoms with E-state index in [1.165, 1.54) is 55.4 Å². The van der Waals surface area contributed by atoms with Crippen molar-refractivity contribution in [3.8, 4) is 0 Å². The summed E-state index contributed by atoms with van der Waals surface area (Å²) in [4.78, 5) is 15.3. The van der Waals surface area contributed by atoms with Crippen LogP contribution < -0.4 is 10.2 Å². The lowest BCUT2D eigenvalue weighted by Crippen LogP contribution is -2.35. The number of aryl methyl sites for hydroxylation is 4. The first-order valence-corrected chi connectivity index (χ1v) is 14.7. The van der Waals surface area contributed by atoms with Gasteiger partial charge in [0.15, 0.2) is 0 Å². The minimum absolute atomic E-state index is 0.411. The minimum atomic E-state index is 0.411. The van der Waals surface area contributed by atoms with Gasteiger partial charge < -0.3 is 15.2 Å². The van der Waals surface area contributed by atoms with Gasteiger partial charge in [-0.25, -0.2) is 9.97 Å². The third kappa shape index (κ3) is 5.30. The lowest BCUT2D eigenvalue weighted by Gasteiger charge is -2.33. The predicted molar refractivity (Wildman–Crippen MR) is 169 cm³/mol. The van der Waals surface area contributed by atoms with E-state index in [1.807, 2.05) is 12.4 Å². The summed E-state index contributed by atoms with van der Waals surface area (Å²) in [5, 5.41) is 5.20. The predicted octanol–water partition coefficient (Wildman–Crippen LogP) is 7.79. The number of anilines is 1. The Morgan fingerprint density at radius 2 is 1.77 bits per heavy atom. The molecule has 1 fully saturated rings. The van der Waals surface area contributed by atoms with Crippen molar-refractivity contribution < 1.29 is 0 Å². The third-order valence-corrected chi connectivity index (χ3v) is 8.58. The molecule has 0 amide bonds. The summed E-state index contributed by atoms with van der Waals surface area (Å²) in [6, 6.07) is 11.3. The fraction of sp³-hybridized carbons (Fsp3) is 0.371. The molecule has 0 unspecified atom stereocenters. The van der Waals surface area contributed by atoms with Crippen LogP contribution in [0.15, 0.2) is 66.6 Å². The van der Waals surface area contributed by atoms with Gasteiger partial charge in [0.1, 0.15) is 0 Å². The first-order chi connectivity index (χ1) is 19.3. The number of aromatic nitrogens is 3. The summed E-state index contributed by atoms with van der Waals surface area (Å²) in [5.41, 5.74) is 14.0. The molecule has 208 valence electrons. The molecule has 2 aromatic carbocycles. The van der Waals surface area contributed by atoms with Gasteiger partial charge in [0, 0.05) is 60.4 Å². The van der Waals surface area contributed by atoms with E-state index in [-0.39, 0.29) is 0 Å². The molecule has 1 aliphatic heterocycles. The van der Waals surface area contributed by atoms with E-state index in [1.54, 1.807) is 0 Å². The Kier molecular flexibility index (Phi) is 8.11. The first-order valence-electron chi connectivity index (χ1n) is 14.7. The number of fused-ring (bicyclic) bond motifs is 1. The second kappa shape index (κ2) is 11.7. The lowest BCUT2D eigenvalue weighted by atomic mass is 9.91. The van der Waals surface area contributed by atoms with Crippen LogP contribution in [-0.4, -0.2) is 28.0 Å². The number of aromatic amines is 1. The van der Waals surface area contributed by atoms with E-state index in [0.717, 1.165) is 56.1 Å². The highest BCUT2D eigenvalue weighted by atomic mass is 15.2. The molecule has 0 atom stereocenters. The van der Waals surface area contributed by atoms with Crippen LogP contribution in [-0.2, 0) is 19.4 Å². The zero-order valence-corrected chi connectivity index (χ0v) is 25.0. The molecule has 0 radical (unpaired) electrons. The van der Waals surface area contributed by atoms with Gasteiger partial charge in [0.2, 0.25) is 5.95 Å². The number of hydrogen-bond donors (Lipinski definition) is 2. The molecule has 3 heterocycles. The minimum Gasteiger partial charge on any atom is -0.380 e. The highest BCUT2D eigenvalue weighted by Crippen LogP contribution is 2.35. The van der Waals surface area contributed by atoms with Crippen LogP contribution in [0.25, 0.3) is 16.6 Å². The van der Waals surface area contributed by atoms with Crippen LogP contribution in [0.2, 0.25) is 0 Å². The Morgan fingerprint density at radius 1 is 1.07 bits per heavy atom. The average molecular weight is 534 g/mol. The van der Waals surface area contributed by atoms with Crippen molar-refractivity contribution in [3.63, 3.8) is 0 Å². The summed E-state index contributed by atoms with van der Waals surface area (Å²) < 4.78 is 0. The lowest BCUT2D eigenvalue weighted by molar-refractivity contribution is 0.731. The van der Waals surface area contributed by atoms with Crippen molar-refractivity contribution in [1.82, 2.24) is 20.3 Å². The SMILES string of the molecule is C=C1CCN(c2ncc(C(C)C)cn2)C/C1=C(/NCc1c(CC)cccc1CC)c1cc(C)c(C)c2[nH]ccc12. The highest BCUT2D eigenvalue weighted by Gasteiger charge is 2.25. The van der Waals surface area contributed by atoms with Gasteiger partial charge in [-0.15, -0.1) is 0 Å². The quantitative estimate of drug-likeness (QED) is 0.243. The van der Waals surface area contributed by atoms with Crippen LogP contribution in [0.4, 0.5) is 5.95 Å².